The Morgan fingerprint density at radius 3 is 2.32 bits per heavy atom. The van der Waals surface area contributed by atoms with Crippen LogP contribution < -0.4 is 0 Å². The molecule has 0 radical (unpaired) electrons. The second kappa shape index (κ2) is 7.93. The van der Waals surface area contributed by atoms with Crippen molar-refractivity contribution in [3.8, 4) is 0 Å². The predicted molar refractivity (Wildman–Crippen MR) is 83.0 cm³/mol. The van der Waals surface area contributed by atoms with Crippen molar-refractivity contribution in [3.63, 3.8) is 0 Å². The molecular formula is C15H21NO5S. The lowest BCUT2D eigenvalue weighted by Crippen LogP contribution is -2.41. The Morgan fingerprint density at radius 1 is 1.23 bits per heavy atom. The van der Waals surface area contributed by atoms with E-state index in [1.54, 1.807) is 0 Å². The van der Waals surface area contributed by atoms with Gasteiger partial charge in [0.05, 0.1) is 0 Å². The average Bonchev–Trinajstić information content (AvgIpc) is 2.44. The van der Waals surface area contributed by atoms with Crippen LogP contribution in [0.3, 0.4) is 0 Å². The average molecular weight is 327 g/mol. The van der Waals surface area contributed by atoms with Gasteiger partial charge in [-0.15, -0.1) is 0 Å². The number of carboxylic acid groups (broad SMARTS) is 1. The van der Waals surface area contributed by atoms with E-state index in [0.717, 1.165) is 11.8 Å². The number of hydrogen-bond donors (Lipinski definition) is 1. The number of hydrogen-bond acceptors (Lipinski definition) is 4. The highest BCUT2D eigenvalue weighted by Crippen LogP contribution is 2.11. The summed E-state index contributed by atoms with van der Waals surface area (Å²) in [5.74, 6) is -1.44. The maximum absolute atomic E-state index is 12.4. The lowest BCUT2D eigenvalue weighted by Gasteiger charge is -2.25. The zero-order chi connectivity index (χ0) is 16.8. The van der Waals surface area contributed by atoms with E-state index in [9.17, 15) is 18.0 Å². The first kappa shape index (κ1) is 18.2. The molecule has 1 rings (SSSR count). The zero-order valence-corrected chi connectivity index (χ0v) is 13.5. The number of benzene rings is 1. The van der Waals surface area contributed by atoms with Gasteiger partial charge in [-0.05, 0) is 18.9 Å². The van der Waals surface area contributed by atoms with Crippen LogP contribution in [0.15, 0.2) is 30.3 Å². The summed E-state index contributed by atoms with van der Waals surface area (Å²) in [6.07, 6.45) is 1.24. The number of nitrogens with zero attached hydrogens (tertiary/aromatic N) is 1. The molecule has 6 nitrogen and oxygen atoms in total. The molecule has 0 aromatic heterocycles. The number of aliphatic carboxylic acids is 1. The summed E-state index contributed by atoms with van der Waals surface area (Å²) in [4.78, 5) is 24.4. The Kier molecular flexibility index (Phi) is 6.55. The van der Waals surface area contributed by atoms with Crippen LogP contribution in [0.4, 0.5) is 0 Å². The van der Waals surface area contributed by atoms with Gasteiger partial charge >= 0.3 is 5.97 Å². The fourth-order valence-corrected chi connectivity index (χ4v) is 2.45. The predicted octanol–water partition coefficient (Wildman–Crippen LogP) is 1.31. The molecule has 0 fully saturated rings. The molecule has 0 heterocycles. The molecule has 1 atom stereocenters. The van der Waals surface area contributed by atoms with E-state index in [0.29, 0.717) is 0 Å². The number of sulfone groups is 1. The van der Waals surface area contributed by atoms with E-state index >= 15 is 0 Å². The highest BCUT2D eigenvalue weighted by Gasteiger charge is 2.28. The molecule has 0 spiro atoms. The third kappa shape index (κ3) is 5.85. The normalized spacial score (nSPS) is 12.6. The van der Waals surface area contributed by atoms with E-state index in [-0.39, 0.29) is 25.9 Å². The number of amides is 1. The summed E-state index contributed by atoms with van der Waals surface area (Å²) in [6, 6.07) is 9.18. The topological polar surface area (TPSA) is 91.8 Å². The summed E-state index contributed by atoms with van der Waals surface area (Å²) in [5, 5.41) is 7.56. The third-order valence-corrected chi connectivity index (χ3v) is 4.82. The van der Waals surface area contributed by atoms with Crippen LogP contribution in [0.1, 0.15) is 25.3 Å². The van der Waals surface area contributed by atoms with Crippen LogP contribution in [-0.2, 0) is 26.0 Å². The lowest BCUT2D eigenvalue weighted by atomic mass is 10.2. The largest absolute Gasteiger partial charge is 0.481 e. The SMILES string of the molecule is CC(C(=O)N(CCCC(=O)O)Cc1ccccc1)S(C)(=O)=O. The molecule has 1 N–H and O–H groups in total. The second-order valence-corrected chi connectivity index (χ2v) is 7.58. The summed E-state index contributed by atoms with van der Waals surface area (Å²) in [6.45, 7) is 1.83. The minimum Gasteiger partial charge on any atom is -0.481 e. The molecule has 1 aromatic carbocycles. The van der Waals surface area contributed by atoms with Gasteiger partial charge in [0.25, 0.3) is 0 Å². The highest BCUT2D eigenvalue weighted by atomic mass is 32.2. The van der Waals surface area contributed by atoms with Crippen molar-refractivity contribution >= 4 is 21.7 Å². The van der Waals surface area contributed by atoms with Crippen molar-refractivity contribution in [1.82, 2.24) is 4.90 Å². The van der Waals surface area contributed by atoms with E-state index in [4.69, 9.17) is 5.11 Å². The molecule has 22 heavy (non-hydrogen) atoms. The van der Waals surface area contributed by atoms with Crippen molar-refractivity contribution in [2.45, 2.75) is 31.6 Å². The standard InChI is InChI=1S/C15H21NO5S/c1-12(22(2,20)21)15(19)16(10-6-9-14(17)18)11-13-7-4-3-5-8-13/h3-5,7-8,12H,6,9-11H2,1-2H3,(H,17,18). The van der Waals surface area contributed by atoms with Crippen LogP contribution in [0.25, 0.3) is 0 Å². The van der Waals surface area contributed by atoms with Gasteiger partial charge in [0.15, 0.2) is 9.84 Å². The molecule has 0 saturated carbocycles. The van der Waals surface area contributed by atoms with Gasteiger partial charge in [-0.1, -0.05) is 30.3 Å². The van der Waals surface area contributed by atoms with Crippen LogP contribution >= 0.6 is 0 Å². The molecule has 1 amide bonds. The van der Waals surface area contributed by atoms with Crippen molar-refractivity contribution in [3.05, 3.63) is 35.9 Å². The Labute approximate surface area is 130 Å². The molecular weight excluding hydrogens is 306 g/mol. The maximum Gasteiger partial charge on any atom is 0.303 e. The molecule has 0 aliphatic carbocycles. The van der Waals surface area contributed by atoms with Gasteiger partial charge in [-0.3, -0.25) is 9.59 Å². The first-order chi connectivity index (χ1) is 10.2. The fraction of sp³-hybridized carbons (Fsp3) is 0.467. The van der Waals surface area contributed by atoms with E-state index in [1.807, 2.05) is 30.3 Å². The van der Waals surface area contributed by atoms with E-state index in [2.05, 4.69) is 0 Å². The monoisotopic (exact) mass is 327 g/mol. The fourth-order valence-electron chi connectivity index (χ4n) is 1.93. The third-order valence-electron chi connectivity index (χ3n) is 3.34. The summed E-state index contributed by atoms with van der Waals surface area (Å²) < 4.78 is 23.1. The first-order valence-electron chi connectivity index (χ1n) is 6.95. The van der Waals surface area contributed by atoms with Crippen molar-refractivity contribution in [2.24, 2.45) is 0 Å². The Balaban J connectivity index is 2.85. The highest BCUT2D eigenvalue weighted by molar-refractivity contribution is 7.92. The molecule has 0 aliphatic rings. The van der Waals surface area contributed by atoms with Crippen LogP contribution in [0.2, 0.25) is 0 Å². The molecule has 0 aliphatic heterocycles. The van der Waals surface area contributed by atoms with Gasteiger partial charge in [0, 0.05) is 25.8 Å². The number of carbonyl (C=O) groups excluding carboxylic acids is 1. The minimum atomic E-state index is -3.49. The van der Waals surface area contributed by atoms with Gasteiger partial charge < -0.3 is 10.0 Å². The Bertz CT molecular complexity index is 612. The molecule has 1 aromatic rings. The lowest BCUT2D eigenvalue weighted by molar-refractivity contribution is -0.138. The van der Waals surface area contributed by atoms with Crippen LogP contribution in [0.5, 0.6) is 0 Å². The molecule has 7 heteroatoms. The minimum absolute atomic E-state index is 0.0637. The van der Waals surface area contributed by atoms with Gasteiger partial charge in [0.1, 0.15) is 5.25 Å². The van der Waals surface area contributed by atoms with Gasteiger partial charge in [-0.25, -0.2) is 8.42 Å². The van der Waals surface area contributed by atoms with E-state index < -0.39 is 27.0 Å². The summed E-state index contributed by atoms with van der Waals surface area (Å²) >= 11 is 0. The maximum atomic E-state index is 12.4. The second-order valence-electron chi connectivity index (χ2n) is 5.21. The zero-order valence-electron chi connectivity index (χ0n) is 12.7. The first-order valence-corrected chi connectivity index (χ1v) is 8.90. The van der Waals surface area contributed by atoms with Crippen LogP contribution in [0, 0.1) is 0 Å². The van der Waals surface area contributed by atoms with Crippen LogP contribution in [-0.4, -0.2) is 48.4 Å². The molecule has 0 saturated heterocycles. The van der Waals surface area contributed by atoms with Crippen molar-refractivity contribution in [2.75, 3.05) is 12.8 Å². The Morgan fingerprint density at radius 2 is 1.82 bits per heavy atom. The van der Waals surface area contributed by atoms with Gasteiger partial charge in [0.2, 0.25) is 5.91 Å². The summed E-state index contributed by atoms with van der Waals surface area (Å²) in [5.41, 5.74) is 0.867. The number of rotatable bonds is 8. The number of carboxylic acids is 1. The van der Waals surface area contributed by atoms with Crippen molar-refractivity contribution < 1.29 is 23.1 Å². The quantitative estimate of drug-likeness (QED) is 0.777. The Hall–Kier alpha value is -1.89. The molecule has 1 unspecified atom stereocenters. The molecule has 122 valence electrons. The summed E-state index contributed by atoms with van der Waals surface area (Å²) in [7, 11) is -3.49. The molecule has 0 bridgehead atoms. The van der Waals surface area contributed by atoms with E-state index in [1.165, 1.54) is 11.8 Å². The van der Waals surface area contributed by atoms with Gasteiger partial charge in [-0.2, -0.15) is 0 Å². The van der Waals surface area contributed by atoms with Crippen molar-refractivity contribution in [1.29, 1.82) is 0 Å². The number of carbonyl (C=O) groups is 2. The smallest absolute Gasteiger partial charge is 0.303 e.